The van der Waals surface area contributed by atoms with E-state index in [0.717, 1.165) is 0 Å². The molecule has 0 aromatic carbocycles. The van der Waals surface area contributed by atoms with Crippen LogP contribution in [0.1, 0.15) is 33.6 Å². The van der Waals surface area contributed by atoms with Crippen LogP contribution in [0.3, 0.4) is 0 Å². The first-order valence-electron chi connectivity index (χ1n) is 5.25. The van der Waals surface area contributed by atoms with E-state index < -0.39 is 17.6 Å². The maximum absolute atomic E-state index is 11.3. The normalized spacial score (nSPS) is 24.2. The molecule has 2 amide bonds. The second kappa shape index (κ2) is 4.69. The molecule has 0 aromatic rings. The van der Waals surface area contributed by atoms with Gasteiger partial charge in [0.15, 0.2) is 0 Å². The molecule has 16 heavy (non-hydrogen) atoms. The third-order valence-electron chi connectivity index (χ3n) is 2.34. The molecule has 0 heterocycles. The Balaban J connectivity index is 2.22. The van der Waals surface area contributed by atoms with E-state index in [-0.39, 0.29) is 12.0 Å². The van der Waals surface area contributed by atoms with Crippen LogP contribution in [0.5, 0.6) is 0 Å². The maximum atomic E-state index is 11.3. The molecule has 0 radical (unpaired) electrons. The highest BCUT2D eigenvalue weighted by molar-refractivity contribution is 5.79. The Morgan fingerprint density at radius 3 is 2.31 bits per heavy atom. The van der Waals surface area contributed by atoms with Crippen molar-refractivity contribution in [3.8, 4) is 0 Å². The van der Waals surface area contributed by atoms with Gasteiger partial charge in [0.1, 0.15) is 5.60 Å². The van der Waals surface area contributed by atoms with Crippen LogP contribution in [0, 0.1) is 5.92 Å². The van der Waals surface area contributed by atoms with Gasteiger partial charge >= 0.3 is 6.09 Å². The standard InChI is InChI=1S/C10H18N2O4/c1-10(2,3)16-9(14)11-7-4-6(5-7)8(13)12-15/h6-7,15H,4-5H2,1-3H3,(H,11,14)(H,12,13). The van der Waals surface area contributed by atoms with E-state index in [1.165, 1.54) is 0 Å². The minimum absolute atomic E-state index is 0.0443. The Morgan fingerprint density at radius 1 is 1.31 bits per heavy atom. The Bertz CT molecular complexity index is 279. The molecule has 1 rings (SSSR count). The van der Waals surface area contributed by atoms with Crippen molar-refractivity contribution in [3.63, 3.8) is 0 Å². The first kappa shape index (κ1) is 12.8. The monoisotopic (exact) mass is 230 g/mol. The lowest BCUT2D eigenvalue weighted by Gasteiger charge is -2.34. The molecular weight excluding hydrogens is 212 g/mol. The van der Waals surface area contributed by atoms with Gasteiger partial charge in [-0.25, -0.2) is 10.3 Å². The van der Waals surface area contributed by atoms with Gasteiger partial charge in [-0.2, -0.15) is 0 Å². The second-order valence-corrected chi connectivity index (χ2v) is 4.99. The lowest BCUT2D eigenvalue weighted by molar-refractivity contribution is -0.136. The molecule has 1 aliphatic rings. The lowest BCUT2D eigenvalue weighted by Crippen LogP contribution is -2.50. The van der Waals surface area contributed by atoms with Crippen LogP contribution in [-0.4, -0.2) is 28.9 Å². The summed E-state index contributed by atoms with van der Waals surface area (Å²) in [4.78, 5) is 22.3. The SMILES string of the molecule is CC(C)(C)OC(=O)NC1CC(C(=O)NO)C1. The highest BCUT2D eigenvalue weighted by Crippen LogP contribution is 2.27. The Hall–Kier alpha value is -1.30. The number of carbonyl (C=O) groups excluding carboxylic acids is 2. The van der Waals surface area contributed by atoms with Crippen molar-refractivity contribution >= 4 is 12.0 Å². The zero-order chi connectivity index (χ0) is 12.3. The maximum Gasteiger partial charge on any atom is 0.407 e. The van der Waals surface area contributed by atoms with Gasteiger partial charge in [-0.3, -0.25) is 10.0 Å². The Labute approximate surface area is 94.3 Å². The highest BCUT2D eigenvalue weighted by Gasteiger charge is 2.36. The fourth-order valence-electron chi connectivity index (χ4n) is 1.52. The van der Waals surface area contributed by atoms with E-state index in [0.29, 0.717) is 12.8 Å². The minimum Gasteiger partial charge on any atom is -0.444 e. The number of carbonyl (C=O) groups is 2. The van der Waals surface area contributed by atoms with Gasteiger partial charge < -0.3 is 10.1 Å². The van der Waals surface area contributed by atoms with Gasteiger partial charge in [-0.05, 0) is 33.6 Å². The van der Waals surface area contributed by atoms with Crippen molar-refractivity contribution in [2.45, 2.75) is 45.3 Å². The molecule has 0 unspecified atom stereocenters. The number of amides is 2. The summed E-state index contributed by atoms with van der Waals surface area (Å²) >= 11 is 0. The minimum atomic E-state index is -0.518. The van der Waals surface area contributed by atoms with Crippen molar-refractivity contribution in [3.05, 3.63) is 0 Å². The largest absolute Gasteiger partial charge is 0.444 e. The van der Waals surface area contributed by atoms with Gasteiger partial charge in [0.2, 0.25) is 5.91 Å². The van der Waals surface area contributed by atoms with Crippen molar-refractivity contribution in [1.82, 2.24) is 10.8 Å². The summed E-state index contributed by atoms with van der Waals surface area (Å²) in [7, 11) is 0. The number of ether oxygens (including phenoxy) is 1. The van der Waals surface area contributed by atoms with E-state index in [4.69, 9.17) is 9.94 Å². The van der Waals surface area contributed by atoms with Crippen molar-refractivity contribution < 1.29 is 19.5 Å². The first-order chi connectivity index (χ1) is 7.31. The van der Waals surface area contributed by atoms with Gasteiger partial charge in [0.05, 0.1) is 0 Å². The third kappa shape index (κ3) is 3.69. The summed E-state index contributed by atoms with van der Waals surface area (Å²) in [5.41, 5.74) is 1.08. The third-order valence-corrected chi connectivity index (χ3v) is 2.34. The Kier molecular flexibility index (Phi) is 3.74. The molecule has 1 fully saturated rings. The molecule has 0 bridgehead atoms. The predicted molar refractivity (Wildman–Crippen MR) is 55.8 cm³/mol. The number of hydrogen-bond acceptors (Lipinski definition) is 4. The molecule has 6 heteroatoms. The smallest absolute Gasteiger partial charge is 0.407 e. The topological polar surface area (TPSA) is 87.7 Å². The number of alkyl carbamates (subject to hydrolysis) is 1. The molecule has 0 aliphatic heterocycles. The summed E-state index contributed by atoms with van der Waals surface area (Å²) in [5, 5.41) is 11.0. The van der Waals surface area contributed by atoms with Gasteiger partial charge in [-0.15, -0.1) is 0 Å². The first-order valence-corrected chi connectivity index (χ1v) is 5.25. The van der Waals surface area contributed by atoms with Gasteiger partial charge in [0.25, 0.3) is 0 Å². The van der Waals surface area contributed by atoms with Gasteiger partial charge in [-0.1, -0.05) is 0 Å². The van der Waals surface area contributed by atoms with Gasteiger partial charge in [0, 0.05) is 12.0 Å². The van der Waals surface area contributed by atoms with E-state index >= 15 is 0 Å². The van der Waals surface area contributed by atoms with Crippen molar-refractivity contribution in [2.75, 3.05) is 0 Å². The van der Waals surface area contributed by atoms with Crippen LogP contribution >= 0.6 is 0 Å². The summed E-state index contributed by atoms with van der Waals surface area (Å²) in [6.07, 6.45) is 0.595. The molecule has 0 atom stereocenters. The quantitative estimate of drug-likeness (QED) is 0.483. The zero-order valence-electron chi connectivity index (χ0n) is 9.74. The lowest BCUT2D eigenvalue weighted by atomic mass is 9.80. The molecule has 0 saturated heterocycles. The van der Waals surface area contributed by atoms with E-state index in [1.807, 2.05) is 0 Å². The van der Waals surface area contributed by atoms with E-state index in [1.54, 1.807) is 26.3 Å². The van der Waals surface area contributed by atoms with Crippen LogP contribution in [0.2, 0.25) is 0 Å². The molecule has 0 aromatic heterocycles. The molecule has 0 spiro atoms. The summed E-state index contributed by atoms with van der Waals surface area (Å²) in [6, 6.07) is -0.0443. The fourth-order valence-corrected chi connectivity index (χ4v) is 1.52. The molecule has 6 nitrogen and oxygen atoms in total. The summed E-state index contributed by atoms with van der Waals surface area (Å²) < 4.78 is 5.07. The van der Waals surface area contributed by atoms with Crippen molar-refractivity contribution in [2.24, 2.45) is 5.92 Å². The van der Waals surface area contributed by atoms with Crippen molar-refractivity contribution in [1.29, 1.82) is 0 Å². The molecule has 3 N–H and O–H groups in total. The van der Waals surface area contributed by atoms with Crippen LogP contribution < -0.4 is 10.8 Å². The van der Waals surface area contributed by atoms with E-state index in [2.05, 4.69) is 5.32 Å². The molecule has 1 saturated carbocycles. The molecule has 1 aliphatic carbocycles. The highest BCUT2D eigenvalue weighted by atomic mass is 16.6. The van der Waals surface area contributed by atoms with Crippen LogP contribution in [-0.2, 0) is 9.53 Å². The molecule has 92 valence electrons. The average molecular weight is 230 g/mol. The van der Waals surface area contributed by atoms with Crippen LogP contribution in [0.4, 0.5) is 4.79 Å². The average Bonchev–Trinajstić information content (AvgIpc) is 2.06. The predicted octanol–water partition coefficient (Wildman–Crippen LogP) is 0.795. The van der Waals surface area contributed by atoms with E-state index in [9.17, 15) is 9.59 Å². The number of hydroxylamine groups is 1. The second-order valence-electron chi connectivity index (χ2n) is 4.99. The zero-order valence-corrected chi connectivity index (χ0v) is 9.74. The molecular formula is C10H18N2O4. The van der Waals surface area contributed by atoms with Crippen LogP contribution in [0.25, 0.3) is 0 Å². The number of rotatable bonds is 2. The summed E-state index contributed by atoms with van der Waals surface area (Å²) in [5.74, 6) is -0.618. The Morgan fingerprint density at radius 2 is 1.88 bits per heavy atom. The fraction of sp³-hybridized carbons (Fsp3) is 0.800. The summed E-state index contributed by atoms with van der Waals surface area (Å²) in [6.45, 7) is 5.36. The number of nitrogens with one attached hydrogen (secondary N) is 2. The van der Waals surface area contributed by atoms with Crippen LogP contribution in [0.15, 0.2) is 0 Å². The number of hydrogen-bond donors (Lipinski definition) is 3.